The van der Waals surface area contributed by atoms with Gasteiger partial charge < -0.3 is 9.30 Å². The fourth-order valence-corrected chi connectivity index (χ4v) is 2.90. The summed E-state index contributed by atoms with van der Waals surface area (Å²) in [5.74, 6) is 2.15. The molecule has 0 saturated carbocycles. The standard InChI is InChI=1S/C16H21NOS2/c1-17-14-9-5-4-8-13(14)15(12-16(17)19)18-10-6-3-7-11-20-2/h4-5,8-9,12H,3,6-7,10-11H2,1-2H3. The predicted octanol–water partition coefficient (Wildman–Crippen LogP) is 4.82. The molecule has 108 valence electrons. The van der Waals surface area contributed by atoms with Crippen molar-refractivity contribution in [3.05, 3.63) is 35.0 Å². The van der Waals surface area contributed by atoms with Gasteiger partial charge in [-0.15, -0.1) is 0 Å². The molecule has 0 radical (unpaired) electrons. The zero-order valence-electron chi connectivity index (χ0n) is 12.1. The first kappa shape index (κ1) is 15.4. The smallest absolute Gasteiger partial charge is 0.131 e. The van der Waals surface area contributed by atoms with Gasteiger partial charge in [0, 0.05) is 18.5 Å². The van der Waals surface area contributed by atoms with E-state index < -0.39 is 0 Å². The third kappa shape index (κ3) is 3.76. The fraction of sp³-hybridized carbons (Fsp3) is 0.438. The number of para-hydroxylation sites is 1. The van der Waals surface area contributed by atoms with Crippen LogP contribution in [-0.2, 0) is 7.05 Å². The van der Waals surface area contributed by atoms with E-state index in [0.29, 0.717) is 0 Å². The van der Waals surface area contributed by atoms with Crippen LogP contribution in [0.25, 0.3) is 10.9 Å². The molecule has 1 heterocycles. The van der Waals surface area contributed by atoms with Crippen LogP contribution in [0.4, 0.5) is 0 Å². The zero-order valence-corrected chi connectivity index (χ0v) is 13.7. The van der Waals surface area contributed by atoms with Crippen LogP contribution >= 0.6 is 24.0 Å². The molecule has 0 aliphatic carbocycles. The van der Waals surface area contributed by atoms with Gasteiger partial charge in [-0.3, -0.25) is 0 Å². The van der Waals surface area contributed by atoms with Gasteiger partial charge in [0.25, 0.3) is 0 Å². The molecule has 0 N–H and O–H groups in total. The van der Waals surface area contributed by atoms with Crippen LogP contribution in [0.2, 0.25) is 0 Å². The zero-order chi connectivity index (χ0) is 14.4. The monoisotopic (exact) mass is 307 g/mol. The molecule has 0 atom stereocenters. The number of rotatable bonds is 7. The molecule has 2 aromatic rings. The number of hydrogen-bond donors (Lipinski definition) is 0. The van der Waals surface area contributed by atoms with Crippen LogP contribution in [0.5, 0.6) is 5.75 Å². The molecule has 0 spiro atoms. The van der Waals surface area contributed by atoms with Crippen molar-refractivity contribution in [3.8, 4) is 5.75 Å². The quantitative estimate of drug-likeness (QED) is 0.538. The summed E-state index contributed by atoms with van der Waals surface area (Å²) in [7, 11) is 2.00. The second-order valence-corrected chi connectivity index (χ2v) is 6.23. The first-order valence-electron chi connectivity index (χ1n) is 6.94. The SMILES string of the molecule is CSCCCCCOc1cc(=S)n(C)c2ccccc12. The van der Waals surface area contributed by atoms with Gasteiger partial charge in [0.1, 0.15) is 10.4 Å². The van der Waals surface area contributed by atoms with E-state index in [2.05, 4.69) is 18.4 Å². The Bertz CT molecular complexity index is 621. The molecule has 2 nitrogen and oxygen atoms in total. The lowest BCUT2D eigenvalue weighted by molar-refractivity contribution is 0.309. The first-order valence-corrected chi connectivity index (χ1v) is 8.75. The number of ether oxygens (including phenoxy) is 1. The summed E-state index contributed by atoms with van der Waals surface area (Å²) in [6, 6.07) is 10.2. The number of thioether (sulfide) groups is 1. The summed E-state index contributed by atoms with van der Waals surface area (Å²) >= 11 is 7.29. The van der Waals surface area contributed by atoms with Gasteiger partial charge in [0.15, 0.2) is 0 Å². The second-order valence-electron chi connectivity index (χ2n) is 4.82. The summed E-state index contributed by atoms with van der Waals surface area (Å²) < 4.78 is 8.78. The molecule has 20 heavy (non-hydrogen) atoms. The Morgan fingerprint density at radius 2 is 2.00 bits per heavy atom. The molecule has 4 heteroatoms. The number of aryl methyl sites for hydroxylation is 1. The van der Waals surface area contributed by atoms with Gasteiger partial charge in [0.05, 0.1) is 12.1 Å². The van der Waals surface area contributed by atoms with Crippen molar-refractivity contribution in [1.82, 2.24) is 4.57 Å². The number of aromatic nitrogens is 1. The van der Waals surface area contributed by atoms with Gasteiger partial charge in [-0.25, -0.2) is 0 Å². The molecular weight excluding hydrogens is 286 g/mol. The van der Waals surface area contributed by atoms with Crippen LogP contribution in [0.3, 0.4) is 0 Å². The lowest BCUT2D eigenvalue weighted by atomic mass is 10.2. The van der Waals surface area contributed by atoms with E-state index in [1.165, 1.54) is 18.6 Å². The Morgan fingerprint density at radius 3 is 2.80 bits per heavy atom. The van der Waals surface area contributed by atoms with Crippen molar-refractivity contribution in [2.45, 2.75) is 19.3 Å². The molecule has 0 bridgehead atoms. The van der Waals surface area contributed by atoms with Crippen LogP contribution < -0.4 is 4.74 Å². The summed E-state index contributed by atoms with van der Waals surface area (Å²) in [5.41, 5.74) is 1.12. The van der Waals surface area contributed by atoms with Gasteiger partial charge in [-0.2, -0.15) is 11.8 Å². The Labute approximate surface area is 130 Å². The lowest BCUT2D eigenvalue weighted by Crippen LogP contribution is -2.01. The molecule has 0 aliphatic heterocycles. The normalized spacial score (nSPS) is 10.9. The number of benzene rings is 1. The predicted molar refractivity (Wildman–Crippen MR) is 91.5 cm³/mol. The molecule has 0 saturated heterocycles. The summed E-state index contributed by atoms with van der Waals surface area (Å²) in [6.07, 6.45) is 5.74. The van der Waals surface area contributed by atoms with Gasteiger partial charge in [-0.1, -0.05) is 24.4 Å². The minimum Gasteiger partial charge on any atom is -0.493 e. The third-order valence-electron chi connectivity index (χ3n) is 3.37. The first-order chi connectivity index (χ1) is 9.74. The molecule has 1 aromatic heterocycles. The van der Waals surface area contributed by atoms with Crippen molar-refractivity contribution < 1.29 is 4.74 Å². The minimum atomic E-state index is 0.765. The van der Waals surface area contributed by atoms with E-state index in [1.54, 1.807) is 0 Å². The van der Waals surface area contributed by atoms with Crippen molar-refractivity contribution >= 4 is 34.9 Å². The second kappa shape index (κ2) is 7.70. The highest BCUT2D eigenvalue weighted by atomic mass is 32.2. The summed E-state index contributed by atoms with van der Waals surface area (Å²) in [5, 5.41) is 1.13. The van der Waals surface area contributed by atoms with E-state index in [-0.39, 0.29) is 0 Å². The molecule has 0 aliphatic rings. The molecular formula is C16H21NOS2. The molecule has 0 unspecified atom stereocenters. The Kier molecular flexibility index (Phi) is 5.92. The average Bonchev–Trinajstić information content (AvgIpc) is 2.47. The van der Waals surface area contributed by atoms with E-state index in [0.717, 1.165) is 34.3 Å². The largest absolute Gasteiger partial charge is 0.493 e. The van der Waals surface area contributed by atoms with Crippen molar-refractivity contribution in [3.63, 3.8) is 0 Å². The number of nitrogens with zero attached hydrogens (tertiary/aromatic N) is 1. The Morgan fingerprint density at radius 1 is 1.20 bits per heavy atom. The highest BCUT2D eigenvalue weighted by Gasteiger charge is 2.05. The third-order valence-corrected chi connectivity index (χ3v) is 4.46. The van der Waals surface area contributed by atoms with Gasteiger partial charge in [-0.05, 0) is 43.4 Å². The van der Waals surface area contributed by atoms with Crippen LogP contribution in [0.1, 0.15) is 19.3 Å². The highest BCUT2D eigenvalue weighted by Crippen LogP contribution is 2.26. The number of pyridine rings is 1. The van der Waals surface area contributed by atoms with E-state index in [4.69, 9.17) is 17.0 Å². The van der Waals surface area contributed by atoms with Crippen molar-refractivity contribution in [2.75, 3.05) is 18.6 Å². The molecule has 0 amide bonds. The van der Waals surface area contributed by atoms with Gasteiger partial charge >= 0.3 is 0 Å². The minimum absolute atomic E-state index is 0.765. The molecule has 2 rings (SSSR count). The molecule has 1 aromatic carbocycles. The van der Waals surface area contributed by atoms with E-state index >= 15 is 0 Å². The van der Waals surface area contributed by atoms with Crippen LogP contribution in [-0.4, -0.2) is 23.2 Å². The average molecular weight is 307 g/mol. The summed E-state index contributed by atoms with van der Waals surface area (Å²) in [6.45, 7) is 0.765. The fourth-order valence-electron chi connectivity index (χ4n) is 2.21. The van der Waals surface area contributed by atoms with Crippen molar-refractivity contribution in [1.29, 1.82) is 0 Å². The maximum atomic E-state index is 5.95. The number of unbranched alkanes of at least 4 members (excludes halogenated alkanes) is 2. The lowest BCUT2D eigenvalue weighted by Gasteiger charge is -2.12. The Hall–Kier alpha value is -1.00. The maximum absolute atomic E-state index is 5.95. The van der Waals surface area contributed by atoms with Crippen LogP contribution in [0, 0.1) is 4.64 Å². The van der Waals surface area contributed by atoms with Gasteiger partial charge in [0.2, 0.25) is 0 Å². The van der Waals surface area contributed by atoms with E-state index in [1.807, 2.05) is 41.6 Å². The van der Waals surface area contributed by atoms with E-state index in [9.17, 15) is 0 Å². The number of hydrogen-bond acceptors (Lipinski definition) is 3. The Balaban J connectivity index is 2.07. The maximum Gasteiger partial charge on any atom is 0.131 e. The van der Waals surface area contributed by atoms with Crippen molar-refractivity contribution in [2.24, 2.45) is 7.05 Å². The topological polar surface area (TPSA) is 14.2 Å². The summed E-state index contributed by atoms with van der Waals surface area (Å²) in [4.78, 5) is 0. The highest BCUT2D eigenvalue weighted by molar-refractivity contribution is 7.98. The molecule has 0 fully saturated rings. The number of fused-ring (bicyclic) bond motifs is 1. The van der Waals surface area contributed by atoms with Crippen LogP contribution in [0.15, 0.2) is 30.3 Å².